The quantitative estimate of drug-likeness (QED) is 0.101. The van der Waals surface area contributed by atoms with Crippen LogP contribution >= 0.6 is 0 Å². The van der Waals surface area contributed by atoms with Crippen molar-refractivity contribution >= 4 is 83.7 Å². The molecule has 0 aliphatic heterocycles. The molecule has 0 aromatic heterocycles. The largest absolute Gasteiger partial charge is 0.449 e. The van der Waals surface area contributed by atoms with E-state index >= 15 is 0 Å². The Balaban J connectivity index is -0.000000314. The first-order valence-corrected chi connectivity index (χ1v) is 47.1. The smallest absolute Gasteiger partial charge is 0.341 e. The van der Waals surface area contributed by atoms with Crippen molar-refractivity contribution in [1.82, 2.24) is 0 Å². The number of hydrogen-bond donors (Lipinski definition) is 0. The fourth-order valence-electron chi connectivity index (χ4n) is 3.99. The lowest BCUT2D eigenvalue weighted by Gasteiger charge is -2.36. The maximum atomic E-state index is 6.17. The van der Waals surface area contributed by atoms with Gasteiger partial charge in [-0.2, -0.15) is 0 Å². The topological polar surface area (TPSA) is 55.4 Å². The Kier molecular flexibility index (Phi) is 27.0. The maximum absolute atomic E-state index is 6.17. The molecule has 0 aromatic rings. The second-order valence-electron chi connectivity index (χ2n) is 17.5. The minimum atomic E-state index is -2.29. The summed E-state index contributed by atoms with van der Waals surface area (Å²) in [4.78, 5) is 0. The van der Waals surface area contributed by atoms with Gasteiger partial charge in [-0.3, -0.25) is 0 Å². The lowest BCUT2D eigenvalue weighted by atomic mass is 11.3. The molecule has 0 saturated heterocycles. The van der Waals surface area contributed by atoms with E-state index in [1.165, 1.54) is 0 Å². The van der Waals surface area contributed by atoms with Crippen molar-refractivity contribution < 1.29 is 24.7 Å². The average Bonchev–Trinajstić information content (AvgIpc) is 3.03. The SMILES string of the molecule is C=C[Si](C)(C)O[Si](C)(C)C=C.C=C[Si](C)(C)O[Si](C)(C)C=C.C=C[Si](C)(C)O[Si](C)(C=C)O[Si](C)(C)C=C.C=C[Si](C)(C)O[Si](C)(C=C)O[Si](C)(C)C=C. The molecule has 0 radical (unpaired) electrons. The van der Waals surface area contributed by atoms with E-state index in [1.54, 1.807) is 0 Å². The third-order valence-electron chi connectivity index (χ3n) is 7.59. The standard InChI is InChI=1S/2C11H24O2Si3.2C8H18OSi2/c2*1-9-14(4,5)12-16(8,11-3)13-15(6,7)10-2;2*1-7-10(3,4)9-11(5,6)8-2/h2*9-11H,1-3H2,4-8H3;2*7-8H,1-2H2,3-6H3. The summed E-state index contributed by atoms with van der Waals surface area (Å²) in [6.45, 7) is 76.3. The molecule has 0 fully saturated rings. The van der Waals surface area contributed by atoms with Crippen molar-refractivity contribution in [1.29, 1.82) is 0 Å². The van der Waals surface area contributed by atoms with Gasteiger partial charge in [0.2, 0.25) is 0 Å². The molecule has 312 valence electrons. The summed E-state index contributed by atoms with van der Waals surface area (Å²) in [7, 11) is -18.2. The summed E-state index contributed by atoms with van der Waals surface area (Å²) >= 11 is 0. The van der Waals surface area contributed by atoms with E-state index in [1.807, 2.05) is 70.1 Å². The van der Waals surface area contributed by atoms with Crippen LogP contribution in [0.4, 0.5) is 0 Å². The summed E-state index contributed by atoms with van der Waals surface area (Å²) in [6.07, 6.45) is 0. The van der Waals surface area contributed by atoms with Gasteiger partial charge >= 0.3 is 17.1 Å². The highest BCUT2D eigenvalue weighted by molar-refractivity contribution is 6.94. The summed E-state index contributed by atoms with van der Waals surface area (Å²) < 4.78 is 36.6. The van der Waals surface area contributed by atoms with E-state index in [0.717, 1.165) is 0 Å². The van der Waals surface area contributed by atoms with E-state index in [0.29, 0.717) is 0 Å². The minimum Gasteiger partial charge on any atom is -0.449 e. The third kappa shape index (κ3) is 30.5. The first-order chi connectivity index (χ1) is 23.8. The fraction of sp³-hybridized carbons (Fsp3) is 0.474. The lowest BCUT2D eigenvalue weighted by Crippen LogP contribution is -2.52. The molecular formula is C38H84O6Si10. The van der Waals surface area contributed by atoms with Gasteiger partial charge in [0.1, 0.15) is 0 Å². The Hall–Kier alpha value is -0.671. The van der Waals surface area contributed by atoms with Gasteiger partial charge in [-0.15, -0.1) is 65.8 Å². The Bertz CT molecular complexity index is 1090. The van der Waals surface area contributed by atoms with Gasteiger partial charge in [-0.05, 0) is 118 Å². The van der Waals surface area contributed by atoms with Crippen LogP contribution in [0.25, 0.3) is 0 Å². The van der Waals surface area contributed by atoms with Gasteiger partial charge in [0.05, 0.1) is 0 Å². The molecule has 0 N–H and O–H groups in total. The van der Waals surface area contributed by atoms with Crippen molar-refractivity contribution in [3.05, 3.63) is 123 Å². The predicted octanol–water partition coefficient (Wildman–Crippen LogP) is 13.1. The fourth-order valence-corrected chi connectivity index (χ4v) is 36.6. The van der Waals surface area contributed by atoms with Crippen molar-refractivity contribution in [3.63, 3.8) is 0 Å². The van der Waals surface area contributed by atoms with E-state index in [-0.39, 0.29) is 0 Å². The van der Waals surface area contributed by atoms with Crippen molar-refractivity contribution in [2.24, 2.45) is 0 Å². The molecule has 0 atom stereocenters. The maximum Gasteiger partial charge on any atom is 0.341 e. The van der Waals surface area contributed by atoms with Crippen molar-refractivity contribution in [2.75, 3.05) is 0 Å². The van der Waals surface area contributed by atoms with Crippen LogP contribution < -0.4 is 0 Å². The van der Waals surface area contributed by atoms with Crippen LogP contribution in [-0.2, 0) is 24.7 Å². The summed E-state index contributed by atoms with van der Waals surface area (Å²) in [6, 6.07) is 0. The molecule has 0 rings (SSSR count). The second-order valence-corrected chi connectivity index (χ2v) is 56.2. The zero-order valence-corrected chi connectivity index (χ0v) is 48.3. The summed E-state index contributed by atoms with van der Waals surface area (Å²) in [5.74, 6) is 0. The van der Waals surface area contributed by atoms with Crippen LogP contribution in [0, 0.1) is 0 Å². The highest BCUT2D eigenvalue weighted by atomic mass is 28.5. The molecule has 6 nitrogen and oxygen atoms in total. The highest BCUT2D eigenvalue weighted by Gasteiger charge is 2.40. The molecule has 0 amide bonds. The zero-order valence-electron chi connectivity index (χ0n) is 38.3. The molecule has 0 unspecified atom stereocenters. The molecule has 0 aromatic carbocycles. The van der Waals surface area contributed by atoms with Crippen LogP contribution in [0.2, 0.25) is 118 Å². The monoisotopic (exact) mass is 916 g/mol. The van der Waals surface area contributed by atoms with Crippen LogP contribution in [0.3, 0.4) is 0 Å². The third-order valence-corrected chi connectivity index (χ3v) is 40.3. The number of hydrogen-bond acceptors (Lipinski definition) is 6. The molecule has 16 heteroatoms. The van der Waals surface area contributed by atoms with Gasteiger partial charge in [0.15, 0.2) is 66.5 Å². The summed E-state index contributed by atoms with van der Waals surface area (Å²) in [5, 5.41) is 0. The van der Waals surface area contributed by atoms with Crippen LogP contribution in [0.15, 0.2) is 123 Å². The molecule has 0 aliphatic carbocycles. The summed E-state index contributed by atoms with van der Waals surface area (Å²) in [5.41, 5.74) is 19.3. The van der Waals surface area contributed by atoms with Crippen molar-refractivity contribution in [2.45, 2.75) is 118 Å². The van der Waals surface area contributed by atoms with Gasteiger partial charge in [-0.25, -0.2) is 0 Å². The van der Waals surface area contributed by atoms with Gasteiger partial charge in [0.25, 0.3) is 0 Å². The predicted molar refractivity (Wildman–Crippen MR) is 272 cm³/mol. The Labute approximate surface area is 346 Å². The van der Waals surface area contributed by atoms with E-state index in [9.17, 15) is 0 Å². The molecule has 0 saturated carbocycles. The lowest BCUT2D eigenvalue weighted by molar-refractivity contribution is 0.406. The molecular weight excluding hydrogens is 833 g/mol. The molecule has 0 aliphatic rings. The second kappa shape index (κ2) is 24.3. The van der Waals surface area contributed by atoms with E-state index < -0.39 is 83.7 Å². The van der Waals surface area contributed by atoms with Gasteiger partial charge < -0.3 is 24.7 Å². The minimum absolute atomic E-state index is 1.58. The normalized spacial score (nSPS) is 13.1. The van der Waals surface area contributed by atoms with Crippen LogP contribution in [0.1, 0.15) is 0 Å². The molecule has 0 heterocycles. The van der Waals surface area contributed by atoms with E-state index in [4.69, 9.17) is 24.7 Å². The first-order valence-electron chi connectivity index (χ1n) is 18.4. The molecule has 54 heavy (non-hydrogen) atoms. The van der Waals surface area contributed by atoms with Crippen molar-refractivity contribution in [3.8, 4) is 0 Å². The molecule has 0 bridgehead atoms. The van der Waals surface area contributed by atoms with Crippen LogP contribution in [0.5, 0.6) is 0 Å². The Morgan fingerprint density at radius 2 is 0.315 bits per heavy atom. The Morgan fingerprint density at radius 1 is 0.204 bits per heavy atom. The zero-order chi connectivity index (χ0) is 44.3. The highest BCUT2D eigenvalue weighted by Crippen LogP contribution is 2.24. The average molecular weight is 918 g/mol. The number of rotatable bonds is 22. The van der Waals surface area contributed by atoms with E-state index in [2.05, 4.69) is 171 Å². The van der Waals surface area contributed by atoms with Crippen LogP contribution in [-0.4, -0.2) is 83.7 Å². The van der Waals surface area contributed by atoms with Gasteiger partial charge in [0, 0.05) is 0 Å². The Morgan fingerprint density at radius 3 is 0.407 bits per heavy atom. The first kappa shape index (κ1) is 60.0. The molecule has 0 spiro atoms. The van der Waals surface area contributed by atoms with Gasteiger partial charge in [-0.1, -0.05) is 57.0 Å².